The van der Waals surface area contributed by atoms with Crippen molar-refractivity contribution in [2.45, 2.75) is 0 Å². The van der Waals surface area contributed by atoms with Crippen LogP contribution in [0.3, 0.4) is 0 Å². The summed E-state index contributed by atoms with van der Waals surface area (Å²) in [5, 5.41) is 3.07. The third kappa shape index (κ3) is 4.38. The summed E-state index contributed by atoms with van der Waals surface area (Å²) in [6.07, 6.45) is 0. The number of esters is 1. The van der Waals surface area contributed by atoms with Gasteiger partial charge in [0.25, 0.3) is 5.91 Å². The molecule has 3 aromatic rings. The second kappa shape index (κ2) is 9.03. The highest BCUT2D eigenvalue weighted by Crippen LogP contribution is 2.31. The van der Waals surface area contributed by atoms with Gasteiger partial charge in [-0.15, -0.1) is 0 Å². The Labute approximate surface area is 187 Å². The highest BCUT2D eigenvalue weighted by molar-refractivity contribution is 6.31. The van der Waals surface area contributed by atoms with Crippen LogP contribution >= 0.6 is 11.6 Å². The Balaban J connectivity index is 1.39. The molecule has 1 N–H and O–H groups in total. The number of ether oxygens (including phenoxy) is 2. The minimum Gasteiger partial charge on any atom is -0.482 e. The number of hydrogen-bond donors (Lipinski definition) is 1. The molecule has 0 aliphatic heterocycles. The van der Waals surface area contributed by atoms with E-state index in [2.05, 4.69) is 5.32 Å². The van der Waals surface area contributed by atoms with Crippen LogP contribution in [0.25, 0.3) is 0 Å². The molecule has 0 saturated heterocycles. The summed E-state index contributed by atoms with van der Waals surface area (Å²) in [5.41, 5.74) is 1.09. The molecule has 0 aromatic heterocycles. The number of amides is 1. The number of ketones is 2. The van der Waals surface area contributed by atoms with E-state index in [0.717, 1.165) is 0 Å². The van der Waals surface area contributed by atoms with Crippen LogP contribution in [0.4, 0.5) is 5.69 Å². The van der Waals surface area contributed by atoms with E-state index in [0.29, 0.717) is 16.3 Å². The molecule has 3 aromatic carbocycles. The van der Waals surface area contributed by atoms with Crippen molar-refractivity contribution in [3.63, 3.8) is 0 Å². The first-order chi connectivity index (χ1) is 15.4. The van der Waals surface area contributed by atoms with Gasteiger partial charge in [0.05, 0.1) is 11.3 Å². The summed E-state index contributed by atoms with van der Waals surface area (Å²) in [6.45, 7) is -0.968. The van der Waals surface area contributed by atoms with Crippen molar-refractivity contribution in [3.05, 3.63) is 94.0 Å². The Morgan fingerprint density at radius 2 is 1.44 bits per heavy atom. The zero-order chi connectivity index (χ0) is 22.7. The van der Waals surface area contributed by atoms with Gasteiger partial charge in [0.2, 0.25) is 0 Å². The van der Waals surface area contributed by atoms with Crippen molar-refractivity contribution in [3.8, 4) is 5.75 Å². The van der Waals surface area contributed by atoms with Crippen molar-refractivity contribution >= 4 is 40.7 Å². The molecule has 0 spiro atoms. The van der Waals surface area contributed by atoms with Crippen LogP contribution in [0.5, 0.6) is 5.75 Å². The van der Waals surface area contributed by atoms with Crippen molar-refractivity contribution in [2.75, 3.05) is 18.5 Å². The standard InChI is InChI=1S/C24H16ClNO6/c25-14-8-10-15(11-9-14)31-13-21(28)32-12-20(27)26-19-7-3-6-18-22(19)24(30)17-5-2-1-4-16(17)23(18)29/h1-11H,12-13H2,(H,26,27). The number of halogens is 1. The summed E-state index contributed by atoms with van der Waals surface area (Å²) in [4.78, 5) is 49.9. The average Bonchev–Trinajstić information content (AvgIpc) is 2.81. The Morgan fingerprint density at radius 3 is 2.16 bits per heavy atom. The molecule has 7 nitrogen and oxygen atoms in total. The molecule has 32 heavy (non-hydrogen) atoms. The quantitative estimate of drug-likeness (QED) is 0.451. The summed E-state index contributed by atoms with van der Waals surface area (Å²) < 4.78 is 10.2. The molecule has 0 atom stereocenters. The Morgan fingerprint density at radius 1 is 0.781 bits per heavy atom. The Bertz CT molecular complexity index is 1240. The minimum absolute atomic E-state index is 0.113. The monoisotopic (exact) mass is 449 g/mol. The van der Waals surface area contributed by atoms with Crippen molar-refractivity contribution in [2.24, 2.45) is 0 Å². The van der Waals surface area contributed by atoms with Crippen LogP contribution in [0.15, 0.2) is 66.7 Å². The maximum atomic E-state index is 12.9. The smallest absolute Gasteiger partial charge is 0.344 e. The summed E-state index contributed by atoms with van der Waals surface area (Å²) in [7, 11) is 0. The van der Waals surface area contributed by atoms with Gasteiger partial charge in [-0.3, -0.25) is 14.4 Å². The molecule has 0 bridgehead atoms. The summed E-state index contributed by atoms with van der Waals surface area (Å²) in [5.74, 6) is -1.63. The maximum absolute atomic E-state index is 12.9. The molecule has 4 rings (SSSR count). The number of hydrogen-bond acceptors (Lipinski definition) is 6. The Hall–Kier alpha value is -3.97. The van der Waals surface area contributed by atoms with Gasteiger partial charge in [0, 0.05) is 21.7 Å². The molecule has 1 amide bonds. The number of carbonyl (C=O) groups is 4. The molecular weight excluding hydrogens is 434 g/mol. The zero-order valence-corrected chi connectivity index (χ0v) is 17.3. The third-order valence-electron chi connectivity index (χ3n) is 4.76. The Kier molecular flexibility index (Phi) is 6.00. The van der Waals surface area contributed by atoms with Crippen LogP contribution < -0.4 is 10.1 Å². The number of nitrogens with one attached hydrogen (secondary N) is 1. The average molecular weight is 450 g/mol. The largest absolute Gasteiger partial charge is 0.482 e. The molecule has 0 heterocycles. The van der Waals surface area contributed by atoms with Crippen LogP contribution in [-0.4, -0.2) is 36.7 Å². The van der Waals surface area contributed by atoms with E-state index in [1.807, 2.05) is 0 Å². The minimum atomic E-state index is -0.745. The lowest BCUT2D eigenvalue weighted by Crippen LogP contribution is -2.26. The fourth-order valence-electron chi connectivity index (χ4n) is 3.30. The lowest BCUT2D eigenvalue weighted by atomic mass is 9.83. The van der Waals surface area contributed by atoms with E-state index in [1.54, 1.807) is 54.6 Å². The number of rotatable bonds is 6. The lowest BCUT2D eigenvalue weighted by molar-refractivity contribution is -0.149. The first-order valence-corrected chi connectivity index (χ1v) is 9.97. The number of fused-ring (bicyclic) bond motifs is 2. The van der Waals surface area contributed by atoms with Gasteiger partial charge in [-0.1, -0.05) is 48.0 Å². The predicted molar refractivity (Wildman–Crippen MR) is 116 cm³/mol. The van der Waals surface area contributed by atoms with Gasteiger partial charge in [0.1, 0.15) is 5.75 Å². The summed E-state index contributed by atoms with van der Waals surface area (Å²) >= 11 is 5.78. The second-order valence-corrected chi connectivity index (χ2v) is 7.32. The van der Waals surface area contributed by atoms with E-state index in [9.17, 15) is 19.2 Å². The van der Waals surface area contributed by atoms with Crippen molar-refractivity contribution < 1.29 is 28.7 Å². The highest BCUT2D eigenvalue weighted by Gasteiger charge is 2.31. The SMILES string of the molecule is O=C(COC(=O)COc1ccc(Cl)cc1)Nc1cccc2c1C(=O)c1ccccc1C2=O. The van der Waals surface area contributed by atoms with Crippen molar-refractivity contribution in [1.82, 2.24) is 0 Å². The molecule has 0 saturated carbocycles. The van der Waals surface area contributed by atoms with E-state index in [1.165, 1.54) is 12.1 Å². The van der Waals surface area contributed by atoms with E-state index >= 15 is 0 Å². The molecule has 160 valence electrons. The van der Waals surface area contributed by atoms with Crippen molar-refractivity contribution in [1.29, 1.82) is 0 Å². The fourth-order valence-corrected chi connectivity index (χ4v) is 3.42. The molecule has 1 aliphatic carbocycles. The number of benzene rings is 3. The molecule has 8 heteroatoms. The molecule has 0 radical (unpaired) electrons. The zero-order valence-electron chi connectivity index (χ0n) is 16.6. The molecular formula is C24H16ClNO6. The third-order valence-corrected chi connectivity index (χ3v) is 5.01. The van der Waals surface area contributed by atoms with Gasteiger partial charge >= 0.3 is 5.97 Å². The number of anilines is 1. The fraction of sp³-hybridized carbons (Fsp3) is 0.0833. The van der Waals surface area contributed by atoms with Gasteiger partial charge in [0.15, 0.2) is 24.8 Å². The van der Waals surface area contributed by atoms with Crippen LogP contribution in [0, 0.1) is 0 Å². The normalized spacial score (nSPS) is 11.9. The first-order valence-electron chi connectivity index (χ1n) is 9.59. The lowest BCUT2D eigenvalue weighted by Gasteiger charge is -2.20. The highest BCUT2D eigenvalue weighted by atomic mass is 35.5. The van der Waals surface area contributed by atoms with Crippen LogP contribution in [0.1, 0.15) is 31.8 Å². The topological polar surface area (TPSA) is 98.8 Å². The van der Waals surface area contributed by atoms with E-state index in [-0.39, 0.29) is 40.6 Å². The van der Waals surface area contributed by atoms with Crippen LogP contribution in [-0.2, 0) is 14.3 Å². The molecule has 0 fully saturated rings. The molecule has 0 unspecified atom stereocenters. The van der Waals surface area contributed by atoms with Gasteiger partial charge in [-0.25, -0.2) is 4.79 Å². The summed E-state index contributed by atoms with van der Waals surface area (Å²) in [6, 6.07) is 17.5. The first kappa shape index (κ1) is 21.3. The maximum Gasteiger partial charge on any atom is 0.344 e. The van der Waals surface area contributed by atoms with Gasteiger partial charge in [-0.05, 0) is 30.3 Å². The molecule has 1 aliphatic rings. The predicted octanol–water partition coefficient (Wildman–Crippen LogP) is 3.68. The van der Waals surface area contributed by atoms with E-state index < -0.39 is 18.5 Å². The van der Waals surface area contributed by atoms with Gasteiger partial charge < -0.3 is 14.8 Å². The second-order valence-electron chi connectivity index (χ2n) is 6.88. The van der Waals surface area contributed by atoms with E-state index in [4.69, 9.17) is 21.1 Å². The van der Waals surface area contributed by atoms with Crippen LogP contribution in [0.2, 0.25) is 5.02 Å². The number of carbonyl (C=O) groups excluding carboxylic acids is 4. The van der Waals surface area contributed by atoms with Gasteiger partial charge in [-0.2, -0.15) is 0 Å².